The van der Waals surface area contributed by atoms with Crippen LogP contribution in [0, 0.1) is 10.1 Å². The number of nitrogens with one attached hydrogen (secondary N) is 1. The Kier molecular flexibility index (Phi) is 5.67. The first-order chi connectivity index (χ1) is 12.5. The molecule has 26 heavy (non-hydrogen) atoms. The number of amides is 1. The number of para-hydroxylation sites is 1. The first kappa shape index (κ1) is 18.5. The number of nitro groups is 1. The van der Waals surface area contributed by atoms with Crippen molar-refractivity contribution in [3.63, 3.8) is 0 Å². The average molecular weight is 391 g/mol. The molecule has 2 heterocycles. The van der Waals surface area contributed by atoms with E-state index in [1.165, 1.54) is 12.3 Å². The van der Waals surface area contributed by atoms with E-state index in [0.717, 1.165) is 11.5 Å². The van der Waals surface area contributed by atoms with Gasteiger partial charge in [0.2, 0.25) is 5.91 Å². The second kappa shape index (κ2) is 7.96. The summed E-state index contributed by atoms with van der Waals surface area (Å²) in [5.74, 6) is 2.72. The zero-order chi connectivity index (χ0) is 18.6. The van der Waals surface area contributed by atoms with E-state index in [4.69, 9.17) is 4.42 Å². The van der Waals surface area contributed by atoms with E-state index in [0.29, 0.717) is 23.5 Å². The Labute approximate surface area is 158 Å². The third kappa shape index (κ3) is 4.47. The lowest BCUT2D eigenvalue weighted by Gasteiger charge is -2.19. The largest absolute Gasteiger partial charge is 0.455 e. The molecule has 0 saturated carbocycles. The molecule has 3 rings (SSSR count). The van der Waals surface area contributed by atoms with Gasteiger partial charge < -0.3 is 4.42 Å². The molecule has 0 spiro atoms. The summed E-state index contributed by atoms with van der Waals surface area (Å²) in [7, 11) is 0. The minimum Gasteiger partial charge on any atom is -0.455 e. The molecule has 0 radical (unpaired) electrons. The number of hydrazone groups is 1. The normalized spacial score (nSPS) is 16.0. The number of thioether (sulfide) groups is 2. The van der Waals surface area contributed by atoms with Gasteiger partial charge in [0, 0.05) is 17.6 Å². The van der Waals surface area contributed by atoms with Gasteiger partial charge in [-0.15, -0.1) is 23.5 Å². The van der Waals surface area contributed by atoms with Crippen molar-refractivity contribution in [3.05, 3.63) is 52.3 Å². The Bertz CT molecular complexity index is 844. The van der Waals surface area contributed by atoms with Gasteiger partial charge in [-0.2, -0.15) is 5.10 Å². The van der Waals surface area contributed by atoms with Crippen molar-refractivity contribution in [1.82, 2.24) is 5.43 Å². The molecule has 0 unspecified atom stereocenters. The van der Waals surface area contributed by atoms with Crippen LogP contribution >= 0.6 is 23.5 Å². The predicted octanol–water partition coefficient (Wildman–Crippen LogP) is 3.89. The first-order valence-corrected chi connectivity index (χ1v) is 9.87. The SMILES string of the molecule is CC1(CC(=O)N/N=C\c2ccc(-c3ccccc3[N+](=O)[O-])o2)SCCS1. The van der Waals surface area contributed by atoms with Crippen LogP contribution in [0.2, 0.25) is 0 Å². The molecular formula is C17H17N3O4S2. The Balaban J connectivity index is 1.63. The van der Waals surface area contributed by atoms with E-state index < -0.39 is 4.92 Å². The second-order valence-corrected chi connectivity index (χ2v) is 9.23. The van der Waals surface area contributed by atoms with Gasteiger partial charge in [-0.25, -0.2) is 5.43 Å². The van der Waals surface area contributed by atoms with Crippen molar-refractivity contribution in [2.24, 2.45) is 5.10 Å². The van der Waals surface area contributed by atoms with E-state index in [2.05, 4.69) is 17.5 Å². The van der Waals surface area contributed by atoms with E-state index >= 15 is 0 Å². The predicted molar refractivity (Wildman–Crippen MR) is 104 cm³/mol. The molecule has 1 N–H and O–H groups in total. The summed E-state index contributed by atoms with van der Waals surface area (Å²) < 4.78 is 5.49. The minimum absolute atomic E-state index is 0.0292. The number of carbonyl (C=O) groups excluding carboxylic acids is 1. The zero-order valence-electron chi connectivity index (χ0n) is 14.0. The first-order valence-electron chi connectivity index (χ1n) is 7.90. The van der Waals surface area contributed by atoms with Crippen molar-refractivity contribution in [2.45, 2.75) is 17.4 Å². The number of furan rings is 1. The summed E-state index contributed by atoms with van der Waals surface area (Å²) in [6, 6.07) is 9.63. The summed E-state index contributed by atoms with van der Waals surface area (Å²) in [5.41, 5.74) is 2.86. The highest BCUT2D eigenvalue weighted by Crippen LogP contribution is 2.45. The second-order valence-electron chi connectivity index (χ2n) is 5.78. The van der Waals surface area contributed by atoms with Gasteiger partial charge in [-0.3, -0.25) is 14.9 Å². The number of hydrogen-bond acceptors (Lipinski definition) is 7. The lowest BCUT2D eigenvalue weighted by molar-refractivity contribution is -0.384. The van der Waals surface area contributed by atoms with Gasteiger partial charge in [-0.05, 0) is 25.1 Å². The van der Waals surface area contributed by atoms with E-state index in [-0.39, 0.29) is 15.7 Å². The molecule has 0 bridgehead atoms. The molecule has 1 aliphatic rings. The lowest BCUT2D eigenvalue weighted by Crippen LogP contribution is -2.26. The zero-order valence-corrected chi connectivity index (χ0v) is 15.6. The molecule has 2 aromatic rings. The fourth-order valence-electron chi connectivity index (χ4n) is 2.57. The summed E-state index contributed by atoms with van der Waals surface area (Å²) in [5, 5.41) is 15.0. The number of nitro benzene ring substituents is 1. The lowest BCUT2D eigenvalue weighted by atomic mass is 10.1. The molecule has 1 fully saturated rings. The highest BCUT2D eigenvalue weighted by molar-refractivity contribution is 8.21. The van der Waals surface area contributed by atoms with Crippen LogP contribution in [0.5, 0.6) is 0 Å². The van der Waals surface area contributed by atoms with E-state index in [9.17, 15) is 14.9 Å². The Morgan fingerprint density at radius 3 is 2.81 bits per heavy atom. The molecule has 136 valence electrons. The summed E-state index contributed by atoms with van der Waals surface area (Å²) in [6.45, 7) is 2.06. The summed E-state index contributed by atoms with van der Waals surface area (Å²) in [4.78, 5) is 22.6. The minimum atomic E-state index is -0.453. The maximum atomic E-state index is 12.0. The molecule has 1 aliphatic heterocycles. The van der Waals surface area contributed by atoms with E-state index in [1.807, 2.05) is 0 Å². The molecule has 9 heteroatoms. The molecule has 1 aromatic carbocycles. The summed E-state index contributed by atoms with van der Waals surface area (Å²) >= 11 is 3.57. The Morgan fingerprint density at radius 1 is 1.35 bits per heavy atom. The molecule has 1 aromatic heterocycles. The van der Waals surface area contributed by atoms with Gasteiger partial charge >= 0.3 is 0 Å². The van der Waals surface area contributed by atoms with Crippen molar-refractivity contribution in [2.75, 3.05) is 11.5 Å². The third-order valence-corrected chi connectivity index (χ3v) is 7.05. The standard InChI is InChI=1S/C17H17N3O4S2/c1-17(25-8-9-26-17)10-16(21)19-18-11-12-6-7-15(24-12)13-4-2-3-5-14(13)20(22)23/h2-7,11H,8-10H2,1H3,(H,19,21)/b18-11-. The highest BCUT2D eigenvalue weighted by Gasteiger charge is 2.32. The van der Waals surface area contributed by atoms with Gasteiger partial charge in [0.1, 0.15) is 11.5 Å². The van der Waals surface area contributed by atoms with Crippen LogP contribution in [-0.2, 0) is 4.79 Å². The van der Waals surface area contributed by atoms with Gasteiger partial charge in [0.25, 0.3) is 5.69 Å². The average Bonchev–Trinajstić information content (AvgIpc) is 3.24. The number of carbonyl (C=O) groups is 1. The van der Waals surface area contributed by atoms with Crippen molar-refractivity contribution < 1.29 is 14.1 Å². The third-order valence-electron chi connectivity index (χ3n) is 3.75. The number of nitrogens with zero attached hydrogens (tertiary/aromatic N) is 2. The molecule has 1 amide bonds. The highest BCUT2D eigenvalue weighted by atomic mass is 32.2. The number of rotatable bonds is 6. The van der Waals surface area contributed by atoms with Crippen LogP contribution in [0.4, 0.5) is 5.69 Å². The Hall–Kier alpha value is -2.26. The monoisotopic (exact) mass is 391 g/mol. The number of hydrogen-bond donors (Lipinski definition) is 1. The van der Waals surface area contributed by atoms with Crippen LogP contribution in [0.3, 0.4) is 0 Å². The van der Waals surface area contributed by atoms with Crippen molar-refractivity contribution in [1.29, 1.82) is 0 Å². The smallest absolute Gasteiger partial charge is 0.280 e. The number of benzene rings is 1. The van der Waals surface area contributed by atoms with Crippen LogP contribution in [0.15, 0.2) is 45.9 Å². The van der Waals surface area contributed by atoms with Crippen LogP contribution in [0.1, 0.15) is 19.1 Å². The van der Waals surface area contributed by atoms with Gasteiger partial charge in [0.15, 0.2) is 0 Å². The van der Waals surface area contributed by atoms with Crippen LogP contribution in [-0.4, -0.2) is 32.6 Å². The fourth-order valence-corrected chi connectivity index (χ4v) is 5.40. The van der Waals surface area contributed by atoms with Crippen LogP contribution in [0.25, 0.3) is 11.3 Å². The topological polar surface area (TPSA) is 97.7 Å². The molecule has 1 saturated heterocycles. The van der Waals surface area contributed by atoms with Crippen molar-refractivity contribution >= 4 is 41.3 Å². The maximum Gasteiger partial charge on any atom is 0.280 e. The summed E-state index contributed by atoms with van der Waals surface area (Å²) in [6.07, 6.45) is 1.77. The van der Waals surface area contributed by atoms with Gasteiger partial charge in [0.05, 0.1) is 27.2 Å². The molecule has 0 aliphatic carbocycles. The molecular weight excluding hydrogens is 374 g/mol. The fraction of sp³-hybridized carbons (Fsp3) is 0.294. The van der Waals surface area contributed by atoms with Crippen molar-refractivity contribution in [3.8, 4) is 11.3 Å². The Morgan fingerprint density at radius 2 is 2.08 bits per heavy atom. The van der Waals surface area contributed by atoms with Gasteiger partial charge in [-0.1, -0.05) is 12.1 Å². The van der Waals surface area contributed by atoms with E-state index in [1.54, 1.807) is 53.9 Å². The van der Waals surface area contributed by atoms with Crippen LogP contribution < -0.4 is 5.43 Å². The quantitative estimate of drug-likeness (QED) is 0.456. The molecule has 0 atom stereocenters. The molecule has 7 nitrogen and oxygen atoms in total. The maximum absolute atomic E-state index is 12.0.